The summed E-state index contributed by atoms with van der Waals surface area (Å²) in [5.41, 5.74) is 1.70. The average molecular weight is 273 g/mol. The van der Waals surface area contributed by atoms with Gasteiger partial charge in [-0.1, -0.05) is 37.3 Å². The van der Waals surface area contributed by atoms with E-state index >= 15 is 0 Å². The topological polar surface area (TPSA) is 21.3 Å². The number of nitrogens with one attached hydrogen (secondary N) is 1. The van der Waals surface area contributed by atoms with Crippen molar-refractivity contribution < 1.29 is 9.13 Å². The lowest BCUT2D eigenvalue weighted by atomic mass is 10.0. The molecule has 2 nitrogen and oxygen atoms in total. The molecule has 0 aromatic heterocycles. The maximum absolute atomic E-state index is 13.3. The van der Waals surface area contributed by atoms with Gasteiger partial charge in [0.1, 0.15) is 18.2 Å². The number of para-hydroxylation sites is 1. The van der Waals surface area contributed by atoms with Crippen molar-refractivity contribution in [3.8, 4) is 5.75 Å². The summed E-state index contributed by atoms with van der Waals surface area (Å²) in [4.78, 5) is 0. The third-order valence-corrected chi connectivity index (χ3v) is 3.19. The van der Waals surface area contributed by atoms with Gasteiger partial charge in [-0.3, -0.25) is 0 Å². The van der Waals surface area contributed by atoms with Crippen molar-refractivity contribution in [2.45, 2.75) is 19.9 Å². The van der Waals surface area contributed by atoms with Gasteiger partial charge >= 0.3 is 0 Å². The molecule has 0 radical (unpaired) electrons. The summed E-state index contributed by atoms with van der Waals surface area (Å²) in [5.74, 6) is 0.669. The Morgan fingerprint density at radius 2 is 1.90 bits per heavy atom. The van der Waals surface area contributed by atoms with E-state index in [1.165, 1.54) is 6.07 Å². The highest BCUT2D eigenvalue weighted by molar-refractivity contribution is 5.27. The van der Waals surface area contributed by atoms with Crippen LogP contribution in [0.15, 0.2) is 48.5 Å². The Kier molecular flexibility index (Phi) is 5.13. The second kappa shape index (κ2) is 7.06. The molecule has 106 valence electrons. The number of hydrogen-bond donors (Lipinski definition) is 1. The zero-order chi connectivity index (χ0) is 14.4. The molecule has 1 atom stereocenters. The van der Waals surface area contributed by atoms with E-state index in [1.54, 1.807) is 6.92 Å². The molecule has 0 saturated heterocycles. The highest BCUT2D eigenvalue weighted by Gasteiger charge is 2.12. The second-order valence-electron chi connectivity index (χ2n) is 4.74. The largest absolute Gasteiger partial charge is 0.492 e. The summed E-state index contributed by atoms with van der Waals surface area (Å²) < 4.78 is 19.1. The molecule has 0 aliphatic heterocycles. The SMILES string of the molecule is CCNC(COc1ccccc1)c1ccc(F)c(C)c1. The molecule has 2 aromatic rings. The van der Waals surface area contributed by atoms with Gasteiger partial charge in [0.05, 0.1) is 6.04 Å². The van der Waals surface area contributed by atoms with Crippen LogP contribution in [0.1, 0.15) is 24.1 Å². The maximum Gasteiger partial charge on any atom is 0.126 e. The molecule has 0 spiro atoms. The summed E-state index contributed by atoms with van der Waals surface area (Å²) in [6, 6.07) is 15.0. The van der Waals surface area contributed by atoms with E-state index in [1.807, 2.05) is 49.4 Å². The van der Waals surface area contributed by atoms with E-state index in [-0.39, 0.29) is 11.9 Å². The average Bonchev–Trinajstić information content (AvgIpc) is 2.47. The Hall–Kier alpha value is -1.87. The smallest absolute Gasteiger partial charge is 0.126 e. The van der Waals surface area contributed by atoms with E-state index in [9.17, 15) is 4.39 Å². The first-order valence-electron chi connectivity index (χ1n) is 6.88. The molecule has 0 saturated carbocycles. The number of halogens is 1. The van der Waals surface area contributed by atoms with E-state index in [0.717, 1.165) is 17.9 Å². The molecule has 0 fully saturated rings. The second-order valence-corrected chi connectivity index (χ2v) is 4.74. The molecule has 1 unspecified atom stereocenters. The molecule has 0 heterocycles. The Morgan fingerprint density at radius 3 is 2.55 bits per heavy atom. The van der Waals surface area contributed by atoms with Crippen molar-refractivity contribution in [1.29, 1.82) is 0 Å². The van der Waals surface area contributed by atoms with Gasteiger partial charge in [0.15, 0.2) is 0 Å². The first kappa shape index (κ1) is 14.5. The number of rotatable bonds is 6. The third kappa shape index (κ3) is 3.81. The highest BCUT2D eigenvalue weighted by atomic mass is 19.1. The normalized spacial score (nSPS) is 12.2. The van der Waals surface area contributed by atoms with Gasteiger partial charge in [-0.15, -0.1) is 0 Å². The number of likely N-dealkylation sites (N-methyl/N-ethyl adjacent to an activating group) is 1. The zero-order valence-corrected chi connectivity index (χ0v) is 11.9. The van der Waals surface area contributed by atoms with Crippen molar-refractivity contribution in [3.05, 3.63) is 65.5 Å². The molecule has 2 rings (SSSR count). The van der Waals surface area contributed by atoms with Crippen LogP contribution in [-0.4, -0.2) is 13.2 Å². The fraction of sp³-hybridized carbons (Fsp3) is 0.294. The summed E-state index contributed by atoms with van der Waals surface area (Å²) in [6.45, 7) is 5.17. The molecular weight excluding hydrogens is 253 g/mol. The molecular formula is C17H20FNO. The number of hydrogen-bond acceptors (Lipinski definition) is 2. The van der Waals surface area contributed by atoms with Gasteiger partial charge in [0.25, 0.3) is 0 Å². The first-order valence-corrected chi connectivity index (χ1v) is 6.88. The van der Waals surface area contributed by atoms with E-state index < -0.39 is 0 Å². The van der Waals surface area contributed by atoms with E-state index in [0.29, 0.717) is 12.2 Å². The van der Waals surface area contributed by atoms with Crippen molar-refractivity contribution in [3.63, 3.8) is 0 Å². The van der Waals surface area contributed by atoms with Crippen molar-refractivity contribution in [1.82, 2.24) is 5.32 Å². The van der Waals surface area contributed by atoms with Crippen molar-refractivity contribution >= 4 is 0 Å². The fourth-order valence-electron chi connectivity index (χ4n) is 2.10. The number of aryl methyl sites for hydroxylation is 1. The van der Waals surface area contributed by atoms with Crippen molar-refractivity contribution in [2.24, 2.45) is 0 Å². The summed E-state index contributed by atoms with van der Waals surface area (Å²) in [7, 11) is 0. The lowest BCUT2D eigenvalue weighted by molar-refractivity contribution is 0.268. The monoisotopic (exact) mass is 273 g/mol. The highest BCUT2D eigenvalue weighted by Crippen LogP contribution is 2.19. The van der Waals surface area contributed by atoms with Crippen LogP contribution in [0.5, 0.6) is 5.75 Å². The molecule has 20 heavy (non-hydrogen) atoms. The summed E-state index contributed by atoms with van der Waals surface area (Å²) >= 11 is 0. The Morgan fingerprint density at radius 1 is 1.15 bits per heavy atom. The zero-order valence-electron chi connectivity index (χ0n) is 11.9. The van der Waals surface area contributed by atoms with Gasteiger partial charge in [-0.2, -0.15) is 0 Å². The molecule has 3 heteroatoms. The van der Waals surface area contributed by atoms with Crippen molar-refractivity contribution in [2.75, 3.05) is 13.2 Å². The standard InChI is InChI=1S/C17H20FNO/c1-3-19-17(12-20-15-7-5-4-6-8-15)14-9-10-16(18)13(2)11-14/h4-11,17,19H,3,12H2,1-2H3. The molecule has 0 aliphatic carbocycles. The van der Waals surface area contributed by atoms with E-state index in [4.69, 9.17) is 4.74 Å². The van der Waals surface area contributed by atoms with Gasteiger partial charge in [0, 0.05) is 0 Å². The summed E-state index contributed by atoms with van der Waals surface area (Å²) in [6.07, 6.45) is 0. The quantitative estimate of drug-likeness (QED) is 0.862. The first-order chi connectivity index (χ1) is 9.70. The van der Waals surface area contributed by atoms with Crippen LogP contribution in [0, 0.1) is 12.7 Å². The van der Waals surface area contributed by atoms with Crippen LogP contribution >= 0.6 is 0 Å². The Labute approximate surface area is 119 Å². The van der Waals surface area contributed by atoms with Crippen LogP contribution in [-0.2, 0) is 0 Å². The maximum atomic E-state index is 13.3. The minimum Gasteiger partial charge on any atom is -0.492 e. The minimum absolute atomic E-state index is 0.0551. The van der Waals surface area contributed by atoms with Crippen LogP contribution < -0.4 is 10.1 Å². The summed E-state index contributed by atoms with van der Waals surface area (Å²) in [5, 5.41) is 3.37. The molecule has 2 aromatic carbocycles. The third-order valence-electron chi connectivity index (χ3n) is 3.19. The predicted octanol–water partition coefficient (Wildman–Crippen LogP) is 3.86. The molecule has 0 aliphatic rings. The Balaban J connectivity index is 2.08. The Bertz CT molecular complexity index is 542. The van der Waals surface area contributed by atoms with Gasteiger partial charge in [-0.25, -0.2) is 4.39 Å². The minimum atomic E-state index is -0.173. The van der Waals surface area contributed by atoms with Gasteiger partial charge in [0.2, 0.25) is 0 Å². The number of benzene rings is 2. The molecule has 1 N–H and O–H groups in total. The van der Waals surface area contributed by atoms with Gasteiger partial charge in [-0.05, 0) is 42.8 Å². The molecule has 0 amide bonds. The van der Waals surface area contributed by atoms with E-state index in [2.05, 4.69) is 5.32 Å². The van der Waals surface area contributed by atoms with Crippen LogP contribution in [0.3, 0.4) is 0 Å². The molecule has 0 bridgehead atoms. The lowest BCUT2D eigenvalue weighted by Gasteiger charge is -2.19. The van der Waals surface area contributed by atoms with Crippen LogP contribution in [0.2, 0.25) is 0 Å². The lowest BCUT2D eigenvalue weighted by Crippen LogP contribution is -2.26. The number of ether oxygens (including phenoxy) is 1. The van der Waals surface area contributed by atoms with Gasteiger partial charge < -0.3 is 10.1 Å². The van der Waals surface area contributed by atoms with Crippen LogP contribution in [0.4, 0.5) is 4.39 Å². The predicted molar refractivity (Wildman–Crippen MR) is 79.5 cm³/mol. The fourth-order valence-corrected chi connectivity index (χ4v) is 2.10. The van der Waals surface area contributed by atoms with Crippen LogP contribution in [0.25, 0.3) is 0 Å².